The first-order valence-electron chi connectivity index (χ1n) is 5.96. The first kappa shape index (κ1) is 11.9. The van der Waals surface area contributed by atoms with Gasteiger partial charge in [0.15, 0.2) is 0 Å². The zero-order valence-corrected chi connectivity index (χ0v) is 10.1. The number of amides is 1. The molecule has 17 heavy (non-hydrogen) atoms. The topological polar surface area (TPSA) is 57.3 Å². The quantitative estimate of drug-likeness (QED) is 0.794. The molecule has 1 aromatic rings. The lowest BCUT2D eigenvalue weighted by molar-refractivity contribution is -0.124. The third-order valence-electron chi connectivity index (χ3n) is 2.71. The lowest BCUT2D eigenvalue weighted by Crippen LogP contribution is -2.47. The fourth-order valence-electron chi connectivity index (χ4n) is 1.94. The number of anilines is 1. The Morgan fingerprint density at radius 3 is 3.24 bits per heavy atom. The molecule has 0 radical (unpaired) electrons. The van der Waals surface area contributed by atoms with E-state index in [1.165, 1.54) is 5.56 Å². The molecule has 1 aromatic heterocycles. The number of nitrogens with zero attached hydrogens (tertiary/aromatic N) is 2. The number of carbonyl (C=O) groups is 1. The van der Waals surface area contributed by atoms with E-state index in [2.05, 4.69) is 20.5 Å². The Morgan fingerprint density at radius 1 is 1.59 bits per heavy atom. The van der Waals surface area contributed by atoms with Crippen LogP contribution in [0.1, 0.15) is 12.5 Å². The number of rotatable bonds is 4. The standard InChI is InChI=1S/C12H18N4O/c1-2-13-11-7-10(3-4-14-11)8-16-6-5-15-12(17)9-16/h3-4,7H,2,5-6,8-9H2,1H3,(H,13,14)(H,15,17). The van der Waals surface area contributed by atoms with Crippen LogP contribution in [0, 0.1) is 0 Å². The van der Waals surface area contributed by atoms with Gasteiger partial charge < -0.3 is 10.6 Å². The smallest absolute Gasteiger partial charge is 0.234 e. The monoisotopic (exact) mass is 234 g/mol. The summed E-state index contributed by atoms with van der Waals surface area (Å²) in [5, 5.41) is 6.01. The second-order valence-corrected chi connectivity index (χ2v) is 4.14. The summed E-state index contributed by atoms with van der Waals surface area (Å²) in [6, 6.07) is 4.03. The minimum atomic E-state index is 0.109. The normalized spacial score (nSPS) is 16.6. The number of pyridine rings is 1. The van der Waals surface area contributed by atoms with E-state index in [1.54, 1.807) is 6.20 Å². The van der Waals surface area contributed by atoms with Gasteiger partial charge in [0, 0.05) is 32.4 Å². The molecule has 5 heteroatoms. The van der Waals surface area contributed by atoms with Gasteiger partial charge in [0.2, 0.25) is 5.91 Å². The highest BCUT2D eigenvalue weighted by Crippen LogP contribution is 2.10. The average molecular weight is 234 g/mol. The zero-order valence-electron chi connectivity index (χ0n) is 10.1. The number of carbonyl (C=O) groups excluding carboxylic acids is 1. The van der Waals surface area contributed by atoms with E-state index in [1.807, 2.05) is 19.1 Å². The maximum Gasteiger partial charge on any atom is 0.234 e. The Balaban J connectivity index is 1.97. The van der Waals surface area contributed by atoms with Crippen molar-refractivity contribution in [1.29, 1.82) is 0 Å². The average Bonchev–Trinajstić information content (AvgIpc) is 2.30. The van der Waals surface area contributed by atoms with Crippen LogP contribution < -0.4 is 10.6 Å². The molecule has 1 fully saturated rings. The number of aromatic nitrogens is 1. The molecule has 0 atom stereocenters. The summed E-state index contributed by atoms with van der Waals surface area (Å²) in [6.07, 6.45) is 1.80. The zero-order chi connectivity index (χ0) is 12.1. The third kappa shape index (κ3) is 3.42. The Labute approximate surface area is 101 Å². The minimum Gasteiger partial charge on any atom is -0.370 e. The molecule has 5 nitrogen and oxygen atoms in total. The maximum atomic E-state index is 11.3. The van der Waals surface area contributed by atoms with Gasteiger partial charge in [0.25, 0.3) is 0 Å². The Hall–Kier alpha value is -1.62. The van der Waals surface area contributed by atoms with Crippen LogP contribution in [0.5, 0.6) is 0 Å². The van der Waals surface area contributed by atoms with Gasteiger partial charge in [-0.1, -0.05) is 0 Å². The van der Waals surface area contributed by atoms with E-state index in [-0.39, 0.29) is 5.91 Å². The van der Waals surface area contributed by atoms with Gasteiger partial charge in [-0.05, 0) is 24.6 Å². The predicted octanol–water partition coefficient (Wildman–Crippen LogP) is 0.445. The van der Waals surface area contributed by atoms with E-state index < -0.39 is 0 Å². The van der Waals surface area contributed by atoms with Gasteiger partial charge >= 0.3 is 0 Å². The van der Waals surface area contributed by atoms with E-state index in [0.717, 1.165) is 32.0 Å². The van der Waals surface area contributed by atoms with Crippen molar-refractivity contribution in [1.82, 2.24) is 15.2 Å². The molecule has 1 saturated heterocycles. The molecule has 0 unspecified atom stereocenters. The van der Waals surface area contributed by atoms with Crippen LogP contribution in [0.3, 0.4) is 0 Å². The van der Waals surface area contributed by atoms with Gasteiger partial charge in [0.05, 0.1) is 6.54 Å². The molecule has 0 bridgehead atoms. The Bertz CT molecular complexity index is 394. The van der Waals surface area contributed by atoms with E-state index in [4.69, 9.17) is 0 Å². The van der Waals surface area contributed by atoms with Crippen molar-refractivity contribution in [3.05, 3.63) is 23.9 Å². The highest BCUT2D eigenvalue weighted by atomic mass is 16.2. The summed E-state index contributed by atoms with van der Waals surface area (Å²) < 4.78 is 0. The van der Waals surface area contributed by atoms with Gasteiger partial charge in [-0.2, -0.15) is 0 Å². The van der Waals surface area contributed by atoms with E-state index in [9.17, 15) is 4.79 Å². The Kier molecular flexibility index (Phi) is 3.93. The summed E-state index contributed by atoms with van der Waals surface area (Å²) in [4.78, 5) is 17.6. The van der Waals surface area contributed by atoms with Crippen LogP contribution in [0.25, 0.3) is 0 Å². The van der Waals surface area contributed by atoms with Crippen molar-refractivity contribution < 1.29 is 4.79 Å². The Morgan fingerprint density at radius 2 is 2.47 bits per heavy atom. The van der Waals surface area contributed by atoms with Gasteiger partial charge in [-0.25, -0.2) is 4.98 Å². The molecule has 1 amide bonds. The molecule has 92 valence electrons. The first-order chi connectivity index (χ1) is 8.28. The molecular formula is C12H18N4O. The lowest BCUT2D eigenvalue weighted by Gasteiger charge is -2.26. The fourth-order valence-corrected chi connectivity index (χ4v) is 1.94. The van der Waals surface area contributed by atoms with Gasteiger partial charge in [-0.3, -0.25) is 9.69 Å². The van der Waals surface area contributed by atoms with E-state index >= 15 is 0 Å². The molecular weight excluding hydrogens is 216 g/mol. The van der Waals surface area contributed by atoms with Crippen LogP contribution in [-0.2, 0) is 11.3 Å². The maximum absolute atomic E-state index is 11.3. The summed E-state index contributed by atoms with van der Waals surface area (Å²) in [5.41, 5.74) is 1.19. The summed E-state index contributed by atoms with van der Waals surface area (Å²) in [7, 11) is 0. The molecule has 2 rings (SSSR count). The van der Waals surface area contributed by atoms with Crippen LogP contribution >= 0.6 is 0 Å². The molecule has 1 aliphatic rings. The van der Waals surface area contributed by atoms with Crippen molar-refractivity contribution in [2.45, 2.75) is 13.5 Å². The number of hydrogen-bond acceptors (Lipinski definition) is 4. The van der Waals surface area contributed by atoms with E-state index in [0.29, 0.717) is 6.54 Å². The molecule has 0 spiro atoms. The minimum absolute atomic E-state index is 0.109. The number of nitrogens with one attached hydrogen (secondary N) is 2. The van der Waals surface area contributed by atoms with Crippen molar-refractivity contribution in [3.63, 3.8) is 0 Å². The molecule has 2 heterocycles. The number of hydrogen-bond donors (Lipinski definition) is 2. The van der Waals surface area contributed by atoms with Crippen LogP contribution in [0.2, 0.25) is 0 Å². The fraction of sp³-hybridized carbons (Fsp3) is 0.500. The lowest BCUT2D eigenvalue weighted by atomic mass is 10.2. The largest absolute Gasteiger partial charge is 0.370 e. The first-order valence-corrected chi connectivity index (χ1v) is 5.96. The molecule has 0 aromatic carbocycles. The second kappa shape index (κ2) is 5.63. The molecule has 2 N–H and O–H groups in total. The highest BCUT2D eigenvalue weighted by molar-refractivity contribution is 5.78. The van der Waals surface area contributed by atoms with Crippen LogP contribution in [-0.4, -0.2) is 42.0 Å². The van der Waals surface area contributed by atoms with Crippen LogP contribution in [0.4, 0.5) is 5.82 Å². The molecule has 0 saturated carbocycles. The van der Waals surface area contributed by atoms with Gasteiger partial charge in [0.1, 0.15) is 5.82 Å². The van der Waals surface area contributed by atoms with Crippen molar-refractivity contribution in [2.75, 3.05) is 31.5 Å². The molecule has 0 aliphatic carbocycles. The predicted molar refractivity (Wildman–Crippen MR) is 66.7 cm³/mol. The molecule has 1 aliphatic heterocycles. The highest BCUT2D eigenvalue weighted by Gasteiger charge is 2.15. The number of piperazine rings is 1. The van der Waals surface area contributed by atoms with Crippen molar-refractivity contribution in [2.24, 2.45) is 0 Å². The summed E-state index contributed by atoms with van der Waals surface area (Å²) in [6.45, 7) is 5.84. The summed E-state index contributed by atoms with van der Waals surface area (Å²) in [5.74, 6) is 1.00. The third-order valence-corrected chi connectivity index (χ3v) is 2.71. The van der Waals surface area contributed by atoms with Crippen molar-refractivity contribution in [3.8, 4) is 0 Å². The van der Waals surface area contributed by atoms with Gasteiger partial charge in [-0.15, -0.1) is 0 Å². The van der Waals surface area contributed by atoms with Crippen LogP contribution in [0.15, 0.2) is 18.3 Å². The second-order valence-electron chi connectivity index (χ2n) is 4.14. The summed E-state index contributed by atoms with van der Waals surface area (Å²) >= 11 is 0. The van der Waals surface area contributed by atoms with Crippen molar-refractivity contribution >= 4 is 11.7 Å². The SMILES string of the molecule is CCNc1cc(CN2CCNC(=O)C2)ccn1.